The highest BCUT2D eigenvalue weighted by Gasteiger charge is 2.44. The number of rotatable bonds is 7. The third kappa shape index (κ3) is 3.85. The van der Waals surface area contributed by atoms with E-state index in [1.165, 1.54) is 0 Å². The lowest BCUT2D eigenvalue weighted by atomic mass is 9.96. The molecule has 0 atom stereocenters. The van der Waals surface area contributed by atoms with Gasteiger partial charge in [-0.15, -0.1) is 0 Å². The normalized spacial score (nSPS) is 10.4. The van der Waals surface area contributed by atoms with E-state index < -0.39 is 79.8 Å². The van der Waals surface area contributed by atoms with E-state index >= 15 is 0 Å². The standard InChI is InChI=1S/C12H3ClN6O12/c13-11-8(18(28)29)3-7(17(26)27)10(12(11)19(30)31)9-5(15(22)23)1-4(14(20)21)2-6(9)16(24)25/h1-3H. The Kier molecular flexibility index (Phi) is 5.69. The molecule has 0 N–H and O–H groups in total. The largest absolute Gasteiger partial charge is 0.310 e. The molecular formula is C12H3ClN6O12. The molecule has 0 radical (unpaired) electrons. The molecule has 0 saturated heterocycles. The molecule has 0 aliphatic heterocycles. The Morgan fingerprint density at radius 3 is 1.23 bits per heavy atom. The number of non-ortho nitro benzene ring substituents is 1. The van der Waals surface area contributed by atoms with Gasteiger partial charge in [0.1, 0.15) is 0 Å². The van der Waals surface area contributed by atoms with Crippen molar-refractivity contribution >= 4 is 45.7 Å². The number of hydrogen-bond acceptors (Lipinski definition) is 12. The molecule has 160 valence electrons. The molecule has 0 saturated carbocycles. The molecule has 0 aliphatic carbocycles. The van der Waals surface area contributed by atoms with Gasteiger partial charge in [0.05, 0.1) is 47.7 Å². The van der Waals surface area contributed by atoms with E-state index in [4.69, 9.17) is 11.6 Å². The van der Waals surface area contributed by atoms with E-state index in [1.807, 2.05) is 0 Å². The minimum Gasteiger partial charge on any atom is -0.258 e. The first-order chi connectivity index (χ1) is 14.3. The first kappa shape index (κ1) is 22.4. The maximum absolute atomic E-state index is 11.5. The summed E-state index contributed by atoms with van der Waals surface area (Å²) in [5.74, 6) is 0. The molecule has 0 unspecified atom stereocenters. The van der Waals surface area contributed by atoms with Gasteiger partial charge in [-0.1, -0.05) is 11.6 Å². The second-order valence-electron chi connectivity index (χ2n) is 5.35. The Balaban J connectivity index is 3.29. The SMILES string of the molecule is O=[N+]([O-])c1cc([N+](=O)[O-])c(-c2c([N+](=O)[O-])cc([N+](=O)[O-])c(Cl)c2[N+](=O)[O-])c([N+](=O)[O-])c1. The van der Waals surface area contributed by atoms with Gasteiger partial charge < -0.3 is 0 Å². The Morgan fingerprint density at radius 1 is 0.516 bits per heavy atom. The van der Waals surface area contributed by atoms with Gasteiger partial charge in [0.25, 0.3) is 22.7 Å². The summed E-state index contributed by atoms with van der Waals surface area (Å²) >= 11 is 5.62. The third-order valence-corrected chi connectivity index (χ3v) is 4.08. The minimum atomic E-state index is -1.61. The molecule has 18 nitrogen and oxygen atoms in total. The van der Waals surface area contributed by atoms with Crippen molar-refractivity contribution in [3.8, 4) is 11.1 Å². The summed E-state index contributed by atoms with van der Waals surface area (Å²) in [6, 6.07) is 0.496. The van der Waals surface area contributed by atoms with Gasteiger partial charge in [-0.3, -0.25) is 60.7 Å². The van der Waals surface area contributed by atoms with E-state index in [9.17, 15) is 60.7 Å². The smallest absolute Gasteiger partial charge is 0.258 e. The van der Waals surface area contributed by atoms with Gasteiger partial charge in [0.2, 0.25) is 0 Å². The summed E-state index contributed by atoms with van der Waals surface area (Å²) in [7, 11) is 0. The van der Waals surface area contributed by atoms with Crippen LogP contribution in [0, 0.1) is 60.7 Å². The van der Waals surface area contributed by atoms with E-state index in [-0.39, 0.29) is 18.2 Å². The predicted molar refractivity (Wildman–Crippen MR) is 96.8 cm³/mol. The lowest BCUT2D eigenvalue weighted by Gasteiger charge is -2.08. The van der Waals surface area contributed by atoms with Gasteiger partial charge >= 0.3 is 11.4 Å². The van der Waals surface area contributed by atoms with Crippen molar-refractivity contribution in [3.05, 3.63) is 83.9 Å². The Labute approximate surface area is 171 Å². The number of nitro benzene ring substituents is 6. The van der Waals surface area contributed by atoms with Crippen molar-refractivity contribution in [1.29, 1.82) is 0 Å². The fraction of sp³-hybridized carbons (Fsp3) is 0. The maximum atomic E-state index is 11.5. The average Bonchev–Trinajstić information content (AvgIpc) is 2.65. The van der Waals surface area contributed by atoms with Crippen LogP contribution in [0.25, 0.3) is 11.1 Å². The number of hydrogen-bond donors (Lipinski definition) is 0. The zero-order valence-corrected chi connectivity index (χ0v) is 14.9. The topological polar surface area (TPSA) is 259 Å². The minimum absolute atomic E-state index is 0.125. The molecule has 2 aromatic rings. The van der Waals surface area contributed by atoms with Gasteiger partial charge in [0, 0.05) is 0 Å². The summed E-state index contributed by atoms with van der Waals surface area (Å²) in [5.41, 5.74) is -11.3. The molecule has 0 aliphatic rings. The number of nitro groups is 6. The fourth-order valence-electron chi connectivity index (χ4n) is 2.56. The highest BCUT2D eigenvalue weighted by molar-refractivity contribution is 6.35. The Hall–Kier alpha value is -4.87. The van der Waals surface area contributed by atoms with Crippen LogP contribution in [0.1, 0.15) is 0 Å². The summed E-state index contributed by atoms with van der Waals surface area (Å²) in [4.78, 5) is 59.7. The summed E-state index contributed by atoms with van der Waals surface area (Å²) in [5, 5.41) is 66.6. The van der Waals surface area contributed by atoms with Crippen molar-refractivity contribution in [2.24, 2.45) is 0 Å². The Bertz CT molecular complexity index is 1190. The summed E-state index contributed by atoms with van der Waals surface area (Å²) < 4.78 is 0. The van der Waals surface area contributed by atoms with Gasteiger partial charge in [-0.05, 0) is 0 Å². The number of nitrogens with zero attached hydrogens (tertiary/aromatic N) is 6. The average molecular weight is 459 g/mol. The van der Waals surface area contributed by atoms with Crippen LogP contribution in [0.15, 0.2) is 18.2 Å². The number of benzene rings is 2. The lowest BCUT2D eigenvalue weighted by Crippen LogP contribution is -2.06. The maximum Gasteiger partial charge on any atom is 0.310 e. The summed E-state index contributed by atoms with van der Waals surface area (Å²) in [6.45, 7) is 0. The first-order valence-electron chi connectivity index (χ1n) is 7.20. The second kappa shape index (κ2) is 7.87. The molecule has 0 fully saturated rings. The molecule has 31 heavy (non-hydrogen) atoms. The molecular weight excluding hydrogens is 456 g/mol. The lowest BCUT2D eigenvalue weighted by molar-refractivity contribution is -0.405. The van der Waals surface area contributed by atoms with Gasteiger partial charge in [-0.25, -0.2) is 0 Å². The van der Waals surface area contributed by atoms with E-state index in [0.717, 1.165) is 0 Å². The molecule has 0 heterocycles. The van der Waals surface area contributed by atoms with Crippen molar-refractivity contribution in [3.63, 3.8) is 0 Å². The quantitative estimate of drug-likeness (QED) is 0.426. The van der Waals surface area contributed by atoms with Crippen molar-refractivity contribution in [1.82, 2.24) is 0 Å². The molecule has 2 rings (SSSR count). The fourth-order valence-corrected chi connectivity index (χ4v) is 2.85. The zero-order valence-electron chi connectivity index (χ0n) is 14.2. The predicted octanol–water partition coefficient (Wildman–Crippen LogP) is 3.46. The van der Waals surface area contributed by atoms with Gasteiger partial charge in [0.15, 0.2) is 16.1 Å². The van der Waals surface area contributed by atoms with Crippen molar-refractivity contribution in [2.45, 2.75) is 0 Å². The van der Waals surface area contributed by atoms with E-state index in [0.29, 0.717) is 0 Å². The van der Waals surface area contributed by atoms with Crippen LogP contribution in [0.4, 0.5) is 34.1 Å². The highest BCUT2D eigenvalue weighted by atomic mass is 35.5. The highest BCUT2D eigenvalue weighted by Crippen LogP contribution is 2.52. The van der Waals surface area contributed by atoms with E-state index in [2.05, 4.69) is 0 Å². The second-order valence-corrected chi connectivity index (χ2v) is 5.73. The first-order valence-corrected chi connectivity index (χ1v) is 7.58. The van der Waals surface area contributed by atoms with Crippen LogP contribution in [0.5, 0.6) is 0 Å². The monoisotopic (exact) mass is 458 g/mol. The zero-order chi connectivity index (χ0) is 23.8. The van der Waals surface area contributed by atoms with Crippen LogP contribution in [-0.2, 0) is 0 Å². The molecule has 0 bridgehead atoms. The van der Waals surface area contributed by atoms with Crippen molar-refractivity contribution < 1.29 is 29.5 Å². The third-order valence-electron chi connectivity index (χ3n) is 3.71. The molecule has 0 spiro atoms. The van der Waals surface area contributed by atoms with Crippen LogP contribution >= 0.6 is 11.6 Å². The van der Waals surface area contributed by atoms with E-state index in [1.54, 1.807) is 0 Å². The Morgan fingerprint density at radius 2 is 0.903 bits per heavy atom. The molecule has 0 amide bonds. The van der Waals surface area contributed by atoms with Crippen LogP contribution in [0.3, 0.4) is 0 Å². The van der Waals surface area contributed by atoms with Crippen LogP contribution in [0.2, 0.25) is 5.02 Å². The van der Waals surface area contributed by atoms with Crippen molar-refractivity contribution in [2.75, 3.05) is 0 Å². The number of halogens is 1. The molecule has 2 aromatic carbocycles. The van der Waals surface area contributed by atoms with Crippen LogP contribution in [-0.4, -0.2) is 29.5 Å². The molecule has 19 heteroatoms. The van der Waals surface area contributed by atoms with Gasteiger partial charge in [-0.2, -0.15) is 0 Å². The molecule has 0 aromatic heterocycles. The summed E-state index contributed by atoms with van der Waals surface area (Å²) in [6.07, 6.45) is 0. The van der Waals surface area contributed by atoms with Crippen LogP contribution < -0.4 is 0 Å².